The third-order valence-electron chi connectivity index (χ3n) is 4.50. The van der Waals surface area contributed by atoms with E-state index in [4.69, 9.17) is 4.74 Å². The average molecular weight is 384 g/mol. The molecule has 148 valence electrons. The Bertz CT molecular complexity index is 676. The molecule has 9 heteroatoms. The highest BCUT2D eigenvalue weighted by atomic mass is 19.4. The number of hydrogen-bond acceptors (Lipinski definition) is 5. The van der Waals surface area contributed by atoms with Crippen molar-refractivity contribution in [3.63, 3.8) is 0 Å². The van der Waals surface area contributed by atoms with E-state index in [1.807, 2.05) is 4.90 Å². The largest absolute Gasteiger partial charge is 0.487 e. The number of hydrogen-bond donors (Lipinski definition) is 2. The standard InChI is InChI=1S/C18H23F3N4O2/c19-18(20,21)13-4-6-14(7-5-13)27-15-11-23-17(24-12-15)22-8-2-10-25-9-1-3-16(25)26/h4-7,15H,1-3,8-12H2,(H2,22,23,24). The van der Waals surface area contributed by atoms with Gasteiger partial charge in [0.15, 0.2) is 5.96 Å². The second-order valence-corrected chi connectivity index (χ2v) is 6.60. The fourth-order valence-corrected chi connectivity index (χ4v) is 3.05. The number of nitrogens with zero attached hydrogens (tertiary/aromatic N) is 2. The molecule has 0 saturated carbocycles. The average Bonchev–Trinajstić information content (AvgIpc) is 3.05. The fourth-order valence-electron chi connectivity index (χ4n) is 3.05. The van der Waals surface area contributed by atoms with Crippen molar-refractivity contribution in [3.05, 3.63) is 29.8 Å². The summed E-state index contributed by atoms with van der Waals surface area (Å²) >= 11 is 0. The molecule has 1 atom stereocenters. The highest BCUT2D eigenvalue weighted by molar-refractivity contribution is 5.80. The Morgan fingerprint density at radius 3 is 2.67 bits per heavy atom. The van der Waals surface area contributed by atoms with Gasteiger partial charge in [-0.3, -0.25) is 4.79 Å². The summed E-state index contributed by atoms with van der Waals surface area (Å²) < 4.78 is 43.3. The summed E-state index contributed by atoms with van der Waals surface area (Å²) in [6.07, 6.45) is -2.15. The molecule has 0 spiro atoms. The van der Waals surface area contributed by atoms with Gasteiger partial charge in [0, 0.05) is 26.1 Å². The van der Waals surface area contributed by atoms with Crippen LogP contribution in [0.3, 0.4) is 0 Å². The third kappa shape index (κ3) is 5.51. The van der Waals surface area contributed by atoms with Gasteiger partial charge in [-0.2, -0.15) is 13.2 Å². The molecule has 0 aromatic heterocycles. The SMILES string of the molecule is O=C1CCCN1CCCNC1=NCC(Oc2ccc(C(F)(F)F)cc2)CN1. The van der Waals surface area contributed by atoms with Gasteiger partial charge in [0.25, 0.3) is 0 Å². The lowest BCUT2D eigenvalue weighted by molar-refractivity contribution is -0.137. The van der Waals surface area contributed by atoms with Crippen LogP contribution in [-0.2, 0) is 11.0 Å². The molecule has 1 aromatic rings. The van der Waals surface area contributed by atoms with Crippen LogP contribution in [0, 0.1) is 0 Å². The lowest BCUT2D eigenvalue weighted by Gasteiger charge is -2.25. The van der Waals surface area contributed by atoms with E-state index in [-0.39, 0.29) is 12.0 Å². The number of likely N-dealkylation sites (tertiary alicyclic amines) is 1. The zero-order valence-corrected chi connectivity index (χ0v) is 14.9. The summed E-state index contributed by atoms with van der Waals surface area (Å²) in [5.74, 6) is 1.29. The third-order valence-corrected chi connectivity index (χ3v) is 4.50. The lowest BCUT2D eigenvalue weighted by Crippen LogP contribution is -2.48. The number of aliphatic imine (C=N–C) groups is 1. The molecule has 2 aliphatic heterocycles. The summed E-state index contributed by atoms with van der Waals surface area (Å²) in [4.78, 5) is 17.8. The maximum Gasteiger partial charge on any atom is 0.416 e. The maximum atomic E-state index is 12.6. The molecular weight excluding hydrogens is 361 g/mol. The van der Waals surface area contributed by atoms with Gasteiger partial charge in [0.1, 0.15) is 11.9 Å². The van der Waals surface area contributed by atoms with Gasteiger partial charge in [-0.25, -0.2) is 4.99 Å². The molecule has 27 heavy (non-hydrogen) atoms. The van der Waals surface area contributed by atoms with Gasteiger partial charge < -0.3 is 20.3 Å². The quantitative estimate of drug-likeness (QED) is 0.737. The molecule has 2 N–H and O–H groups in total. The molecule has 2 heterocycles. The van der Waals surface area contributed by atoms with Crippen molar-refractivity contribution >= 4 is 11.9 Å². The Balaban J connectivity index is 1.37. The first kappa shape index (κ1) is 19.3. The summed E-state index contributed by atoms with van der Waals surface area (Å²) in [6, 6.07) is 4.65. The number of ether oxygens (including phenoxy) is 1. The first-order chi connectivity index (χ1) is 12.9. The highest BCUT2D eigenvalue weighted by Gasteiger charge is 2.30. The molecule has 3 rings (SSSR count). The maximum absolute atomic E-state index is 12.6. The fraction of sp³-hybridized carbons (Fsp3) is 0.556. The topological polar surface area (TPSA) is 66.0 Å². The predicted octanol–water partition coefficient (Wildman–Crippen LogP) is 2.01. The van der Waals surface area contributed by atoms with Crippen molar-refractivity contribution < 1.29 is 22.7 Å². The number of alkyl halides is 3. The molecule has 1 amide bonds. The predicted molar refractivity (Wildman–Crippen MR) is 94.6 cm³/mol. The van der Waals surface area contributed by atoms with Crippen molar-refractivity contribution in [2.45, 2.75) is 31.5 Å². The molecule has 1 unspecified atom stereocenters. The summed E-state index contributed by atoms with van der Waals surface area (Å²) in [5.41, 5.74) is -0.697. The van der Waals surface area contributed by atoms with Crippen LogP contribution in [0.1, 0.15) is 24.8 Å². The van der Waals surface area contributed by atoms with Crippen molar-refractivity contribution in [3.8, 4) is 5.75 Å². The van der Waals surface area contributed by atoms with Crippen molar-refractivity contribution in [2.24, 2.45) is 4.99 Å². The van der Waals surface area contributed by atoms with Gasteiger partial charge in [-0.1, -0.05) is 0 Å². The van der Waals surface area contributed by atoms with E-state index >= 15 is 0 Å². The zero-order valence-electron chi connectivity index (χ0n) is 14.9. The number of benzene rings is 1. The van der Waals surface area contributed by atoms with E-state index in [1.54, 1.807) is 0 Å². The van der Waals surface area contributed by atoms with Crippen LogP contribution < -0.4 is 15.4 Å². The number of rotatable bonds is 6. The molecule has 1 aromatic carbocycles. The van der Waals surface area contributed by atoms with Gasteiger partial charge in [0.05, 0.1) is 18.7 Å². The normalized spacial score (nSPS) is 20.3. The van der Waals surface area contributed by atoms with Gasteiger partial charge in [-0.15, -0.1) is 0 Å². The summed E-state index contributed by atoms with van der Waals surface area (Å²) in [7, 11) is 0. The number of carbonyl (C=O) groups is 1. The monoisotopic (exact) mass is 384 g/mol. The summed E-state index contributed by atoms with van der Waals surface area (Å²) in [6.45, 7) is 3.23. The Morgan fingerprint density at radius 1 is 1.30 bits per heavy atom. The second-order valence-electron chi connectivity index (χ2n) is 6.60. The highest BCUT2D eigenvalue weighted by Crippen LogP contribution is 2.30. The molecular formula is C18H23F3N4O2. The number of guanidine groups is 1. The van der Waals surface area contributed by atoms with Crippen molar-refractivity contribution in [1.29, 1.82) is 0 Å². The second kappa shape index (κ2) is 8.49. The molecule has 1 fully saturated rings. The first-order valence-electron chi connectivity index (χ1n) is 9.06. The minimum absolute atomic E-state index is 0.228. The Kier molecular flexibility index (Phi) is 6.08. The van der Waals surface area contributed by atoms with E-state index < -0.39 is 11.7 Å². The number of amides is 1. The Labute approximate surface area is 155 Å². The number of carbonyl (C=O) groups excluding carboxylic acids is 1. The van der Waals surface area contributed by atoms with Gasteiger partial charge >= 0.3 is 6.18 Å². The Morgan fingerprint density at radius 2 is 2.07 bits per heavy atom. The molecule has 0 radical (unpaired) electrons. The van der Waals surface area contributed by atoms with E-state index in [1.165, 1.54) is 12.1 Å². The van der Waals surface area contributed by atoms with Crippen molar-refractivity contribution in [1.82, 2.24) is 15.5 Å². The van der Waals surface area contributed by atoms with Gasteiger partial charge in [0.2, 0.25) is 5.91 Å². The van der Waals surface area contributed by atoms with Crippen LogP contribution in [0.2, 0.25) is 0 Å². The molecule has 6 nitrogen and oxygen atoms in total. The lowest BCUT2D eigenvalue weighted by atomic mass is 10.2. The smallest absolute Gasteiger partial charge is 0.416 e. The van der Waals surface area contributed by atoms with Crippen LogP contribution in [0.15, 0.2) is 29.3 Å². The number of nitrogens with one attached hydrogen (secondary N) is 2. The van der Waals surface area contributed by atoms with E-state index in [2.05, 4.69) is 15.6 Å². The molecule has 2 aliphatic rings. The van der Waals surface area contributed by atoms with E-state index in [0.717, 1.165) is 38.1 Å². The summed E-state index contributed by atoms with van der Waals surface area (Å²) in [5, 5.41) is 6.30. The van der Waals surface area contributed by atoms with E-state index in [0.29, 0.717) is 37.8 Å². The molecule has 0 aliphatic carbocycles. The van der Waals surface area contributed by atoms with Crippen LogP contribution in [0.25, 0.3) is 0 Å². The molecule has 1 saturated heterocycles. The minimum atomic E-state index is -4.35. The Hall–Kier alpha value is -2.45. The van der Waals surface area contributed by atoms with Crippen LogP contribution in [0.4, 0.5) is 13.2 Å². The molecule has 0 bridgehead atoms. The van der Waals surface area contributed by atoms with Crippen molar-refractivity contribution in [2.75, 3.05) is 32.7 Å². The zero-order chi connectivity index (χ0) is 19.3. The van der Waals surface area contributed by atoms with Crippen LogP contribution >= 0.6 is 0 Å². The minimum Gasteiger partial charge on any atom is -0.487 e. The van der Waals surface area contributed by atoms with Gasteiger partial charge in [-0.05, 0) is 37.1 Å². The number of halogens is 3. The van der Waals surface area contributed by atoms with E-state index in [9.17, 15) is 18.0 Å². The van der Waals surface area contributed by atoms with Crippen LogP contribution in [0.5, 0.6) is 5.75 Å². The first-order valence-corrected chi connectivity index (χ1v) is 9.06. The van der Waals surface area contributed by atoms with Crippen LogP contribution in [-0.4, -0.2) is 55.6 Å².